The number of benzene rings is 1. The molecule has 0 saturated heterocycles. The van der Waals surface area contributed by atoms with Crippen molar-refractivity contribution >= 4 is 12.0 Å². The zero-order valence-electron chi connectivity index (χ0n) is 8.24. The second-order valence-electron chi connectivity index (χ2n) is 4.21. The van der Waals surface area contributed by atoms with Gasteiger partial charge < -0.3 is 10.4 Å². The van der Waals surface area contributed by atoms with Gasteiger partial charge in [0, 0.05) is 16.8 Å². The molecule has 1 aromatic rings. The normalized spacial score (nSPS) is 22.6. The van der Waals surface area contributed by atoms with E-state index in [0.717, 1.165) is 17.5 Å². The fraction of sp³-hybridized carbons (Fsp3) is 0.364. The van der Waals surface area contributed by atoms with Crippen LogP contribution in [-0.2, 0) is 0 Å². The fourth-order valence-electron chi connectivity index (χ4n) is 1.80. The van der Waals surface area contributed by atoms with Crippen LogP contribution >= 0.6 is 0 Å². The lowest BCUT2D eigenvalue weighted by atomic mass is 9.96. The van der Waals surface area contributed by atoms with E-state index in [1.165, 1.54) is 0 Å². The molecule has 1 aliphatic rings. The number of hydrogen-bond acceptors (Lipinski definition) is 3. The van der Waals surface area contributed by atoms with Gasteiger partial charge in [-0.05, 0) is 19.9 Å². The molecule has 0 saturated carbocycles. The van der Waals surface area contributed by atoms with Crippen LogP contribution in [0.1, 0.15) is 35.9 Å². The highest BCUT2D eigenvalue weighted by Gasteiger charge is 2.37. The summed E-state index contributed by atoms with van der Waals surface area (Å²) in [5.41, 5.74) is 1.98. The van der Waals surface area contributed by atoms with Gasteiger partial charge in [0.25, 0.3) is 0 Å². The number of aliphatic hydroxyl groups is 1. The van der Waals surface area contributed by atoms with Crippen LogP contribution in [0.2, 0.25) is 0 Å². The van der Waals surface area contributed by atoms with E-state index in [-0.39, 0.29) is 5.54 Å². The zero-order chi connectivity index (χ0) is 10.3. The number of rotatable bonds is 1. The lowest BCUT2D eigenvalue weighted by Gasteiger charge is -2.23. The monoisotopic (exact) mass is 191 g/mol. The van der Waals surface area contributed by atoms with Crippen LogP contribution in [0.4, 0.5) is 5.69 Å². The van der Waals surface area contributed by atoms with Crippen LogP contribution in [0, 0.1) is 0 Å². The molecular formula is C11H13NO2. The molecule has 1 aliphatic heterocycles. The standard InChI is InChI=1S/C11H13NO2/c1-11(2)10(14)8-4-3-7(6-13)5-9(8)12-11/h3-6,10,12,14H,1-2H3/t10-/m0/s1. The van der Waals surface area contributed by atoms with Crippen LogP contribution in [0.5, 0.6) is 0 Å². The molecule has 0 bridgehead atoms. The van der Waals surface area contributed by atoms with Crippen LogP contribution < -0.4 is 5.32 Å². The molecule has 1 heterocycles. The van der Waals surface area contributed by atoms with Crippen molar-refractivity contribution in [2.24, 2.45) is 0 Å². The minimum Gasteiger partial charge on any atom is -0.386 e. The summed E-state index contributed by atoms with van der Waals surface area (Å²) in [7, 11) is 0. The van der Waals surface area contributed by atoms with E-state index in [2.05, 4.69) is 5.32 Å². The Labute approximate surface area is 82.8 Å². The first-order valence-electron chi connectivity index (χ1n) is 4.60. The lowest BCUT2D eigenvalue weighted by molar-refractivity contribution is 0.112. The largest absolute Gasteiger partial charge is 0.386 e. The lowest BCUT2D eigenvalue weighted by Crippen LogP contribution is -2.31. The van der Waals surface area contributed by atoms with Gasteiger partial charge >= 0.3 is 0 Å². The Morgan fingerprint density at radius 1 is 1.50 bits per heavy atom. The van der Waals surface area contributed by atoms with Crippen LogP contribution in [0.25, 0.3) is 0 Å². The second kappa shape index (κ2) is 2.82. The first-order valence-corrected chi connectivity index (χ1v) is 4.60. The molecular weight excluding hydrogens is 178 g/mol. The third-order valence-electron chi connectivity index (χ3n) is 2.65. The molecule has 1 atom stereocenters. The van der Waals surface area contributed by atoms with Crippen molar-refractivity contribution in [3.63, 3.8) is 0 Å². The Balaban J connectivity index is 2.49. The van der Waals surface area contributed by atoms with Crippen molar-refractivity contribution in [2.45, 2.75) is 25.5 Å². The summed E-state index contributed by atoms with van der Waals surface area (Å²) in [6.07, 6.45) is 0.290. The zero-order valence-corrected chi connectivity index (χ0v) is 8.24. The first kappa shape index (κ1) is 9.21. The van der Waals surface area contributed by atoms with Gasteiger partial charge in [-0.15, -0.1) is 0 Å². The van der Waals surface area contributed by atoms with Crippen LogP contribution in [-0.4, -0.2) is 16.9 Å². The van der Waals surface area contributed by atoms with Gasteiger partial charge in [0.1, 0.15) is 12.4 Å². The summed E-state index contributed by atoms with van der Waals surface area (Å²) in [5, 5.41) is 13.1. The summed E-state index contributed by atoms with van der Waals surface area (Å²) in [6, 6.07) is 5.28. The molecule has 2 rings (SSSR count). The molecule has 2 N–H and O–H groups in total. The molecule has 0 radical (unpaired) electrons. The highest BCUT2D eigenvalue weighted by atomic mass is 16.3. The molecule has 0 unspecified atom stereocenters. The number of fused-ring (bicyclic) bond motifs is 1. The van der Waals surface area contributed by atoms with E-state index in [1.54, 1.807) is 18.2 Å². The summed E-state index contributed by atoms with van der Waals surface area (Å²) >= 11 is 0. The molecule has 0 spiro atoms. The predicted octanol–water partition coefficient (Wildman–Crippen LogP) is 1.74. The average molecular weight is 191 g/mol. The smallest absolute Gasteiger partial charge is 0.150 e. The molecule has 0 aromatic heterocycles. The number of aldehydes is 1. The number of carbonyl (C=O) groups is 1. The summed E-state index contributed by atoms with van der Waals surface area (Å²) in [5.74, 6) is 0. The van der Waals surface area contributed by atoms with E-state index in [1.807, 2.05) is 13.8 Å². The predicted molar refractivity (Wildman–Crippen MR) is 54.5 cm³/mol. The number of hydrogen-bond donors (Lipinski definition) is 2. The van der Waals surface area contributed by atoms with Crippen molar-refractivity contribution in [3.8, 4) is 0 Å². The summed E-state index contributed by atoms with van der Waals surface area (Å²) < 4.78 is 0. The minimum absolute atomic E-state index is 0.357. The quantitative estimate of drug-likeness (QED) is 0.665. The second-order valence-corrected chi connectivity index (χ2v) is 4.21. The van der Waals surface area contributed by atoms with Crippen molar-refractivity contribution in [1.29, 1.82) is 0 Å². The highest BCUT2D eigenvalue weighted by molar-refractivity contribution is 5.79. The van der Waals surface area contributed by atoms with Crippen molar-refractivity contribution in [2.75, 3.05) is 5.32 Å². The Hall–Kier alpha value is -1.35. The number of nitrogens with one attached hydrogen (secondary N) is 1. The van der Waals surface area contributed by atoms with Gasteiger partial charge in [-0.3, -0.25) is 4.79 Å². The maximum absolute atomic E-state index is 10.6. The van der Waals surface area contributed by atoms with Gasteiger partial charge in [0.05, 0.1) is 5.54 Å². The molecule has 0 amide bonds. The third-order valence-corrected chi connectivity index (χ3v) is 2.65. The Morgan fingerprint density at radius 2 is 2.21 bits per heavy atom. The van der Waals surface area contributed by atoms with E-state index in [0.29, 0.717) is 5.56 Å². The fourth-order valence-corrected chi connectivity index (χ4v) is 1.80. The maximum atomic E-state index is 10.6. The summed E-state index contributed by atoms with van der Waals surface area (Å²) in [4.78, 5) is 10.6. The average Bonchev–Trinajstić information content (AvgIpc) is 2.37. The Morgan fingerprint density at radius 3 is 2.86 bits per heavy atom. The molecule has 0 aliphatic carbocycles. The van der Waals surface area contributed by atoms with Crippen LogP contribution in [0.15, 0.2) is 18.2 Å². The van der Waals surface area contributed by atoms with Gasteiger partial charge in [-0.2, -0.15) is 0 Å². The van der Waals surface area contributed by atoms with Gasteiger partial charge in [0.15, 0.2) is 0 Å². The number of anilines is 1. The molecule has 74 valence electrons. The molecule has 14 heavy (non-hydrogen) atoms. The van der Waals surface area contributed by atoms with Gasteiger partial charge in [-0.25, -0.2) is 0 Å². The minimum atomic E-state index is -0.516. The summed E-state index contributed by atoms with van der Waals surface area (Å²) in [6.45, 7) is 3.86. The molecule has 3 nitrogen and oxygen atoms in total. The van der Waals surface area contributed by atoms with Crippen molar-refractivity contribution in [1.82, 2.24) is 0 Å². The van der Waals surface area contributed by atoms with Gasteiger partial charge in [0.2, 0.25) is 0 Å². The first-order chi connectivity index (χ1) is 6.54. The topological polar surface area (TPSA) is 49.3 Å². The van der Waals surface area contributed by atoms with E-state index in [9.17, 15) is 9.90 Å². The third kappa shape index (κ3) is 1.21. The van der Waals surface area contributed by atoms with Crippen molar-refractivity contribution < 1.29 is 9.90 Å². The Bertz CT molecular complexity index is 385. The number of aliphatic hydroxyl groups excluding tert-OH is 1. The van der Waals surface area contributed by atoms with E-state index < -0.39 is 6.10 Å². The Kier molecular flexibility index (Phi) is 1.86. The van der Waals surface area contributed by atoms with Crippen molar-refractivity contribution in [3.05, 3.63) is 29.3 Å². The van der Waals surface area contributed by atoms with E-state index in [4.69, 9.17) is 0 Å². The van der Waals surface area contributed by atoms with E-state index >= 15 is 0 Å². The molecule has 0 fully saturated rings. The molecule has 1 aromatic carbocycles. The maximum Gasteiger partial charge on any atom is 0.150 e. The van der Waals surface area contributed by atoms with Crippen LogP contribution in [0.3, 0.4) is 0 Å². The molecule has 3 heteroatoms. The SMILES string of the molecule is CC1(C)Nc2cc(C=O)ccc2[C@@H]1O. The number of carbonyl (C=O) groups excluding carboxylic acids is 1. The van der Waals surface area contributed by atoms with Gasteiger partial charge in [-0.1, -0.05) is 12.1 Å². The highest BCUT2D eigenvalue weighted by Crippen LogP contribution is 2.40.